The Hall–Kier alpha value is -2.08. The summed E-state index contributed by atoms with van der Waals surface area (Å²) >= 11 is 0. The van der Waals surface area contributed by atoms with E-state index in [-0.39, 0.29) is 23.4 Å². The van der Waals surface area contributed by atoms with Gasteiger partial charge in [-0.15, -0.1) is 0 Å². The van der Waals surface area contributed by atoms with Crippen LogP contribution in [0.5, 0.6) is 5.75 Å². The Morgan fingerprint density at radius 2 is 2.00 bits per heavy atom. The van der Waals surface area contributed by atoms with E-state index in [1.807, 2.05) is 0 Å². The fourth-order valence-electron chi connectivity index (χ4n) is 1.18. The molecule has 1 atom stereocenters. The molecular formula is C10H12N2O4. The van der Waals surface area contributed by atoms with E-state index in [1.165, 1.54) is 18.2 Å². The molecule has 1 unspecified atom stereocenters. The Bertz CT molecular complexity index is 431. The highest BCUT2D eigenvalue weighted by molar-refractivity contribution is 6.03. The van der Waals surface area contributed by atoms with Gasteiger partial charge >= 0.3 is 5.97 Å². The third-order valence-corrected chi connectivity index (χ3v) is 2.06. The van der Waals surface area contributed by atoms with Crippen molar-refractivity contribution in [1.29, 1.82) is 0 Å². The van der Waals surface area contributed by atoms with Crippen molar-refractivity contribution in [3.05, 3.63) is 23.8 Å². The molecule has 0 amide bonds. The summed E-state index contributed by atoms with van der Waals surface area (Å²) in [5.41, 5.74) is 11.0. The fraction of sp³-hybridized carbons (Fsp3) is 0.200. The first-order chi connectivity index (χ1) is 7.41. The number of aliphatic carboxylic acids is 1. The van der Waals surface area contributed by atoms with Crippen LogP contribution in [0.2, 0.25) is 0 Å². The monoisotopic (exact) mass is 224 g/mol. The van der Waals surface area contributed by atoms with E-state index in [0.717, 1.165) is 0 Å². The van der Waals surface area contributed by atoms with Gasteiger partial charge in [0.25, 0.3) is 0 Å². The van der Waals surface area contributed by atoms with Gasteiger partial charge in [-0.25, -0.2) is 0 Å². The zero-order valence-corrected chi connectivity index (χ0v) is 8.38. The van der Waals surface area contributed by atoms with Crippen LogP contribution in [0.25, 0.3) is 0 Å². The van der Waals surface area contributed by atoms with Crippen LogP contribution in [-0.4, -0.2) is 28.0 Å². The van der Waals surface area contributed by atoms with Gasteiger partial charge in [0.1, 0.15) is 11.8 Å². The highest BCUT2D eigenvalue weighted by atomic mass is 16.4. The van der Waals surface area contributed by atoms with Gasteiger partial charge < -0.3 is 21.7 Å². The number of carboxylic acids is 1. The molecule has 1 aromatic carbocycles. The van der Waals surface area contributed by atoms with Crippen LogP contribution >= 0.6 is 0 Å². The molecule has 6 N–H and O–H groups in total. The third-order valence-electron chi connectivity index (χ3n) is 2.06. The van der Waals surface area contributed by atoms with Crippen molar-refractivity contribution < 1.29 is 19.8 Å². The van der Waals surface area contributed by atoms with Gasteiger partial charge in [0.05, 0.1) is 0 Å². The predicted octanol–water partition coefficient (Wildman–Crippen LogP) is -0.0409. The number of nitrogen functional groups attached to an aromatic ring is 1. The molecule has 0 saturated heterocycles. The molecule has 0 fully saturated rings. The first-order valence-corrected chi connectivity index (χ1v) is 4.52. The van der Waals surface area contributed by atoms with Gasteiger partial charge in [-0.2, -0.15) is 0 Å². The molecule has 0 heterocycles. The maximum Gasteiger partial charge on any atom is 0.320 e. The number of aromatic hydroxyl groups is 1. The number of rotatable bonds is 4. The third kappa shape index (κ3) is 2.71. The van der Waals surface area contributed by atoms with Gasteiger partial charge in [0.2, 0.25) is 0 Å². The summed E-state index contributed by atoms with van der Waals surface area (Å²) in [4.78, 5) is 22.1. The maximum absolute atomic E-state index is 11.6. The van der Waals surface area contributed by atoms with E-state index >= 15 is 0 Å². The van der Waals surface area contributed by atoms with Crippen LogP contribution in [0, 0.1) is 0 Å². The molecule has 6 nitrogen and oxygen atoms in total. The van der Waals surface area contributed by atoms with Crippen molar-refractivity contribution in [3.63, 3.8) is 0 Å². The van der Waals surface area contributed by atoms with Crippen molar-refractivity contribution in [3.8, 4) is 5.75 Å². The summed E-state index contributed by atoms with van der Waals surface area (Å²) < 4.78 is 0. The average molecular weight is 224 g/mol. The number of ketones is 1. The molecule has 0 radical (unpaired) electrons. The maximum atomic E-state index is 11.6. The molecule has 1 rings (SSSR count). The van der Waals surface area contributed by atoms with Crippen LogP contribution < -0.4 is 11.5 Å². The zero-order valence-electron chi connectivity index (χ0n) is 8.38. The van der Waals surface area contributed by atoms with Crippen molar-refractivity contribution >= 4 is 17.4 Å². The summed E-state index contributed by atoms with van der Waals surface area (Å²) in [6.45, 7) is 0. The second kappa shape index (κ2) is 4.63. The van der Waals surface area contributed by atoms with Crippen molar-refractivity contribution in [1.82, 2.24) is 0 Å². The van der Waals surface area contributed by atoms with Crippen molar-refractivity contribution in [2.45, 2.75) is 12.5 Å². The second-order valence-electron chi connectivity index (χ2n) is 3.34. The normalized spacial score (nSPS) is 12.1. The smallest absolute Gasteiger partial charge is 0.320 e. The SMILES string of the molecule is Nc1ccc(O)cc1C(=O)CC(N)C(=O)O. The zero-order chi connectivity index (χ0) is 12.3. The van der Waals surface area contributed by atoms with Crippen LogP contribution in [0.15, 0.2) is 18.2 Å². The molecule has 0 spiro atoms. The molecule has 0 saturated carbocycles. The summed E-state index contributed by atoms with van der Waals surface area (Å²) in [6.07, 6.45) is -0.358. The molecule has 0 aromatic heterocycles. The van der Waals surface area contributed by atoms with Gasteiger partial charge in [-0.05, 0) is 18.2 Å². The van der Waals surface area contributed by atoms with Crippen LogP contribution in [-0.2, 0) is 4.79 Å². The van der Waals surface area contributed by atoms with Crippen LogP contribution in [0.1, 0.15) is 16.8 Å². The molecule has 0 aliphatic rings. The number of phenols is 1. The minimum atomic E-state index is -1.27. The van der Waals surface area contributed by atoms with E-state index in [4.69, 9.17) is 16.6 Å². The quantitative estimate of drug-likeness (QED) is 0.323. The lowest BCUT2D eigenvalue weighted by Gasteiger charge is -2.07. The molecule has 0 aliphatic heterocycles. The number of anilines is 1. The van der Waals surface area contributed by atoms with E-state index in [1.54, 1.807) is 0 Å². The summed E-state index contributed by atoms with van der Waals surface area (Å²) in [6, 6.07) is 2.62. The number of hydrogen-bond acceptors (Lipinski definition) is 5. The Labute approximate surface area is 91.5 Å². The lowest BCUT2D eigenvalue weighted by atomic mass is 10.0. The number of carboxylic acid groups (broad SMARTS) is 1. The molecule has 0 bridgehead atoms. The fourth-order valence-corrected chi connectivity index (χ4v) is 1.18. The standard InChI is InChI=1S/C10H12N2O4/c11-7-2-1-5(13)3-6(7)9(14)4-8(12)10(15)16/h1-3,8,13H,4,11-12H2,(H,15,16). The Kier molecular flexibility index (Phi) is 3.47. The Balaban J connectivity index is 2.88. The Morgan fingerprint density at radius 1 is 1.38 bits per heavy atom. The number of benzene rings is 1. The molecular weight excluding hydrogens is 212 g/mol. The molecule has 86 valence electrons. The van der Waals surface area contributed by atoms with E-state index in [0.29, 0.717) is 0 Å². The molecule has 0 aliphatic carbocycles. The van der Waals surface area contributed by atoms with Crippen LogP contribution in [0.4, 0.5) is 5.69 Å². The number of phenolic OH excluding ortho intramolecular Hbond substituents is 1. The van der Waals surface area contributed by atoms with Gasteiger partial charge in [0, 0.05) is 17.7 Å². The minimum Gasteiger partial charge on any atom is -0.508 e. The largest absolute Gasteiger partial charge is 0.508 e. The number of carbonyl (C=O) groups excluding carboxylic acids is 1. The van der Waals surface area contributed by atoms with Crippen molar-refractivity contribution in [2.24, 2.45) is 5.73 Å². The van der Waals surface area contributed by atoms with Crippen molar-refractivity contribution in [2.75, 3.05) is 5.73 Å². The van der Waals surface area contributed by atoms with E-state index in [2.05, 4.69) is 0 Å². The summed E-state index contributed by atoms with van der Waals surface area (Å²) in [5.74, 6) is -1.88. The number of carbonyl (C=O) groups is 2. The van der Waals surface area contributed by atoms with E-state index in [9.17, 15) is 14.7 Å². The molecule has 1 aromatic rings. The van der Waals surface area contributed by atoms with Gasteiger partial charge in [-0.3, -0.25) is 9.59 Å². The lowest BCUT2D eigenvalue weighted by Crippen LogP contribution is -2.32. The minimum absolute atomic E-state index is 0.0803. The van der Waals surface area contributed by atoms with Gasteiger partial charge in [0.15, 0.2) is 5.78 Å². The lowest BCUT2D eigenvalue weighted by molar-refractivity contribution is -0.138. The van der Waals surface area contributed by atoms with Crippen LogP contribution in [0.3, 0.4) is 0 Å². The van der Waals surface area contributed by atoms with E-state index < -0.39 is 17.8 Å². The Morgan fingerprint density at radius 3 is 2.56 bits per heavy atom. The summed E-state index contributed by atoms with van der Waals surface area (Å²) in [5, 5.41) is 17.7. The second-order valence-corrected chi connectivity index (χ2v) is 3.34. The highest BCUT2D eigenvalue weighted by Crippen LogP contribution is 2.20. The highest BCUT2D eigenvalue weighted by Gasteiger charge is 2.19. The number of nitrogens with two attached hydrogens (primary N) is 2. The average Bonchev–Trinajstić information content (AvgIpc) is 2.21. The topological polar surface area (TPSA) is 127 Å². The predicted molar refractivity (Wildman–Crippen MR) is 57.1 cm³/mol. The first kappa shape index (κ1) is 12.0. The number of Topliss-reactive ketones (excluding diaryl/α,β-unsaturated/α-hetero) is 1. The summed E-state index contributed by atoms with van der Waals surface area (Å²) in [7, 11) is 0. The molecule has 16 heavy (non-hydrogen) atoms. The van der Waals surface area contributed by atoms with Gasteiger partial charge in [-0.1, -0.05) is 0 Å². The molecule has 6 heteroatoms. The first-order valence-electron chi connectivity index (χ1n) is 4.52. The number of hydrogen-bond donors (Lipinski definition) is 4.